The van der Waals surface area contributed by atoms with Gasteiger partial charge in [-0.2, -0.15) is 0 Å². The van der Waals surface area contributed by atoms with E-state index < -0.39 is 0 Å². The van der Waals surface area contributed by atoms with Gasteiger partial charge in [-0.25, -0.2) is 0 Å². The molecule has 0 rings (SSSR count). The van der Waals surface area contributed by atoms with Gasteiger partial charge in [0.2, 0.25) is 0 Å². The van der Waals surface area contributed by atoms with Crippen LogP contribution in [0, 0.1) is 29.1 Å². The van der Waals surface area contributed by atoms with Crippen molar-refractivity contribution in [2.75, 3.05) is 0 Å². The van der Waals surface area contributed by atoms with Gasteiger partial charge in [-0.05, 0) is 35.5 Å². The molecule has 0 aliphatic rings. The predicted octanol–water partition coefficient (Wildman–Crippen LogP) is 6.16. The van der Waals surface area contributed by atoms with Gasteiger partial charge in [0, 0.05) is 0 Å². The van der Waals surface area contributed by atoms with Crippen LogP contribution in [0.3, 0.4) is 0 Å². The highest BCUT2D eigenvalue weighted by molar-refractivity contribution is 4.82. The number of hydrogen-bond acceptors (Lipinski definition) is 0. The molecule has 0 aliphatic heterocycles. The van der Waals surface area contributed by atoms with Crippen LogP contribution in [0.5, 0.6) is 0 Å². The summed E-state index contributed by atoms with van der Waals surface area (Å²) in [4.78, 5) is 0. The molecule has 0 saturated carbocycles. The Hall–Kier alpha value is 0. The summed E-state index contributed by atoms with van der Waals surface area (Å²) < 4.78 is 0. The van der Waals surface area contributed by atoms with Crippen LogP contribution >= 0.6 is 0 Å². The van der Waals surface area contributed by atoms with Crippen LogP contribution in [0.4, 0.5) is 0 Å². The van der Waals surface area contributed by atoms with Gasteiger partial charge in [-0.15, -0.1) is 0 Å². The molecule has 2 unspecified atom stereocenters. The van der Waals surface area contributed by atoms with E-state index in [-0.39, 0.29) is 0 Å². The summed E-state index contributed by atoms with van der Waals surface area (Å²) in [5.74, 6) is 3.45. The molecule has 0 saturated heterocycles. The molecule has 0 spiro atoms. The van der Waals surface area contributed by atoms with Gasteiger partial charge < -0.3 is 0 Å². The fourth-order valence-corrected chi connectivity index (χ4v) is 3.56. The second-order valence-corrected chi connectivity index (χ2v) is 7.00. The van der Waals surface area contributed by atoms with Gasteiger partial charge in [0.25, 0.3) is 0 Å². The summed E-state index contributed by atoms with van der Waals surface area (Å²) in [7, 11) is 0. The highest BCUT2D eigenvalue weighted by atomic mass is 14.4. The molecule has 0 aromatic carbocycles. The Morgan fingerprint density at radius 3 is 1.59 bits per heavy atom. The molecule has 104 valence electrons. The van der Waals surface area contributed by atoms with E-state index in [0.29, 0.717) is 5.41 Å². The minimum atomic E-state index is 0.502. The van der Waals surface area contributed by atoms with Gasteiger partial charge in [0.05, 0.1) is 0 Å². The normalized spacial score (nSPS) is 16.6. The SMILES string of the molecule is CCC(C)C(CC(C)(C)C(CC)CC)C(C)C. The lowest BCUT2D eigenvalue weighted by molar-refractivity contribution is 0.104. The summed E-state index contributed by atoms with van der Waals surface area (Å²) in [5.41, 5.74) is 0.502. The smallest absolute Gasteiger partial charge is 0.0323 e. The van der Waals surface area contributed by atoms with Gasteiger partial charge in [0.15, 0.2) is 0 Å². The average molecular weight is 240 g/mol. The molecule has 0 nitrogen and oxygen atoms in total. The van der Waals surface area contributed by atoms with E-state index in [9.17, 15) is 0 Å². The minimum absolute atomic E-state index is 0.502. The highest BCUT2D eigenvalue weighted by Gasteiger charge is 2.32. The van der Waals surface area contributed by atoms with E-state index in [1.807, 2.05) is 0 Å². The molecule has 17 heavy (non-hydrogen) atoms. The predicted molar refractivity (Wildman–Crippen MR) is 80.3 cm³/mol. The van der Waals surface area contributed by atoms with Gasteiger partial charge in [0.1, 0.15) is 0 Å². The molecular formula is C17H36. The molecule has 0 radical (unpaired) electrons. The monoisotopic (exact) mass is 240 g/mol. The lowest BCUT2D eigenvalue weighted by Crippen LogP contribution is -2.30. The zero-order valence-electron chi connectivity index (χ0n) is 13.6. The molecule has 0 heterocycles. The van der Waals surface area contributed by atoms with Crippen molar-refractivity contribution in [3.05, 3.63) is 0 Å². The van der Waals surface area contributed by atoms with Crippen LogP contribution < -0.4 is 0 Å². The maximum absolute atomic E-state index is 2.49. The summed E-state index contributed by atoms with van der Waals surface area (Å²) in [6.45, 7) is 19.3. The maximum atomic E-state index is 2.49. The van der Waals surface area contributed by atoms with Crippen LogP contribution in [-0.2, 0) is 0 Å². The maximum Gasteiger partial charge on any atom is -0.0323 e. The molecule has 2 atom stereocenters. The van der Waals surface area contributed by atoms with E-state index in [1.165, 1.54) is 25.7 Å². The zero-order chi connectivity index (χ0) is 13.6. The molecule has 0 fully saturated rings. The molecule has 0 N–H and O–H groups in total. The van der Waals surface area contributed by atoms with Crippen LogP contribution in [0.15, 0.2) is 0 Å². The first-order chi connectivity index (χ1) is 7.80. The third kappa shape index (κ3) is 5.02. The minimum Gasteiger partial charge on any atom is -0.0651 e. The Labute approximate surface area is 111 Å². The fourth-order valence-electron chi connectivity index (χ4n) is 3.56. The quantitative estimate of drug-likeness (QED) is 0.477. The Kier molecular flexibility index (Phi) is 7.44. The lowest BCUT2D eigenvalue weighted by Gasteiger charge is -2.40. The van der Waals surface area contributed by atoms with Crippen LogP contribution in [0.25, 0.3) is 0 Å². The zero-order valence-corrected chi connectivity index (χ0v) is 13.6. The highest BCUT2D eigenvalue weighted by Crippen LogP contribution is 2.42. The van der Waals surface area contributed by atoms with E-state index in [1.54, 1.807) is 0 Å². The average Bonchev–Trinajstić information content (AvgIpc) is 2.25. The van der Waals surface area contributed by atoms with Crippen molar-refractivity contribution in [1.29, 1.82) is 0 Å². The fraction of sp³-hybridized carbons (Fsp3) is 1.00. The largest absolute Gasteiger partial charge is 0.0651 e. The third-order valence-corrected chi connectivity index (χ3v) is 5.08. The van der Waals surface area contributed by atoms with E-state index >= 15 is 0 Å². The lowest BCUT2D eigenvalue weighted by atomic mass is 9.66. The summed E-state index contributed by atoms with van der Waals surface area (Å²) in [5, 5.41) is 0. The summed E-state index contributed by atoms with van der Waals surface area (Å²) in [6, 6.07) is 0. The van der Waals surface area contributed by atoms with Crippen LogP contribution in [0.1, 0.15) is 81.1 Å². The van der Waals surface area contributed by atoms with E-state index in [0.717, 1.165) is 23.7 Å². The van der Waals surface area contributed by atoms with Gasteiger partial charge >= 0.3 is 0 Å². The van der Waals surface area contributed by atoms with Crippen LogP contribution in [0.2, 0.25) is 0 Å². The molecule has 0 aromatic heterocycles. The Morgan fingerprint density at radius 2 is 1.29 bits per heavy atom. The van der Waals surface area contributed by atoms with Crippen molar-refractivity contribution in [1.82, 2.24) is 0 Å². The van der Waals surface area contributed by atoms with E-state index in [2.05, 4.69) is 55.4 Å². The van der Waals surface area contributed by atoms with Crippen molar-refractivity contribution < 1.29 is 0 Å². The standard InChI is InChI=1S/C17H36/c1-9-14(6)16(13(4)5)12-17(7,8)15(10-2)11-3/h13-16H,9-12H2,1-8H3. The first kappa shape index (κ1) is 17.0. The molecular weight excluding hydrogens is 204 g/mol. The second kappa shape index (κ2) is 7.44. The first-order valence-electron chi connectivity index (χ1n) is 7.80. The Balaban J connectivity index is 4.73. The number of rotatable bonds is 8. The van der Waals surface area contributed by atoms with Crippen molar-refractivity contribution in [3.8, 4) is 0 Å². The summed E-state index contributed by atoms with van der Waals surface area (Å²) >= 11 is 0. The van der Waals surface area contributed by atoms with Crippen molar-refractivity contribution in [3.63, 3.8) is 0 Å². The molecule has 0 heteroatoms. The Bertz CT molecular complexity index is 186. The summed E-state index contributed by atoms with van der Waals surface area (Å²) in [6.07, 6.45) is 5.37. The topological polar surface area (TPSA) is 0 Å². The molecule has 0 amide bonds. The van der Waals surface area contributed by atoms with Crippen molar-refractivity contribution in [2.24, 2.45) is 29.1 Å². The van der Waals surface area contributed by atoms with Gasteiger partial charge in [-0.1, -0.05) is 74.7 Å². The molecule has 0 aliphatic carbocycles. The first-order valence-corrected chi connectivity index (χ1v) is 7.80. The van der Waals surface area contributed by atoms with E-state index in [4.69, 9.17) is 0 Å². The Morgan fingerprint density at radius 1 is 0.824 bits per heavy atom. The second-order valence-electron chi connectivity index (χ2n) is 7.00. The number of hydrogen-bond donors (Lipinski definition) is 0. The van der Waals surface area contributed by atoms with Crippen LogP contribution in [-0.4, -0.2) is 0 Å². The van der Waals surface area contributed by atoms with Crippen molar-refractivity contribution in [2.45, 2.75) is 81.1 Å². The third-order valence-electron chi connectivity index (χ3n) is 5.08. The van der Waals surface area contributed by atoms with Crippen molar-refractivity contribution >= 4 is 0 Å². The molecule has 0 aromatic rings. The van der Waals surface area contributed by atoms with Gasteiger partial charge in [-0.3, -0.25) is 0 Å². The molecule has 0 bridgehead atoms.